The van der Waals surface area contributed by atoms with E-state index in [4.69, 9.17) is 16.8 Å². The topological polar surface area (TPSA) is 45.5 Å². The fraction of sp³-hybridized carbons (Fsp3) is 0. The maximum Gasteiger partial charge on any atom is 0.0918 e. The van der Waals surface area contributed by atoms with E-state index in [0.717, 1.165) is 0 Å². The molecule has 52 valence electrons. The smallest absolute Gasteiger partial charge is 0.0918 e. The molecular formula is C6H5ClN2O. The molecule has 1 aromatic rings. The van der Waals surface area contributed by atoms with Gasteiger partial charge in [0.05, 0.1) is 11.9 Å². The molecule has 3 nitrogen and oxygen atoms in total. The summed E-state index contributed by atoms with van der Waals surface area (Å²) < 4.78 is 0. The van der Waals surface area contributed by atoms with Gasteiger partial charge >= 0.3 is 0 Å². The Hall–Kier alpha value is -1.09. The second-order valence-corrected chi connectivity index (χ2v) is 2.08. The highest BCUT2D eigenvalue weighted by molar-refractivity contribution is 6.30. The van der Waals surface area contributed by atoms with Crippen molar-refractivity contribution in [2.45, 2.75) is 0 Å². The minimum atomic E-state index is 0.537. The van der Waals surface area contributed by atoms with Crippen LogP contribution in [0.1, 0.15) is 5.69 Å². The molecule has 0 bridgehead atoms. The molecule has 0 aliphatic carbocycles. The van der Waals surface area contributed by atoms with Crippen LogP contribution in [0.2, 0.25) is 5.02 Å². The van der Waals surface area contributed by atoms with Gasteiger partial charge in [-0.05, 0) is 12.1 Å². The van der Waals surface area contributed by atoms with E-state index < -0.39 is 0 Å². The number of pyridine rings is 1. The standard InChI is InChI=1S/C6H5ClN2O/c7-5-1-2-8-6(3-5)4-9-10/h1-4,10H. The van der Waals surface area contributed by atoms with Crippen molar-refractivity contribution in [1.82, 2.24) is 4.98 Å². The van der Waals surface area contributed by atoms with E-state index in [9.17, 15) is 0 Å². The Bertz CT molecular complexity index is 249. The maximum atomic E-state index is 8.10. The monoisotopic (exact) mass is 156 g/mol. The Morgan fingerprint density at radius 3 is 3.10 bits per heavy atom. The first-order valence-electron chi connectivity index (χ1n) is 2.62. The average molecular weight is 157 g/mol. The van der Waals surface area contributed by atoms with E-state index in [-0.39, 0.29) is 0 Å². The molecule has 1 heterocycles. The Morgan fingerprint density at radius 1 is 1.70 bits per heavy atom. The normalized spacial score (nSPS) is 10.5. The van der Waals surface area contributed by atoms with Crippen molar-refractivity contribution in [1.29, 1.82) is 0 Å². The number of hydrogen-bond acceptors (Lipinski definition) is 3. The molecule has 1 rings (SSSR count). The summed E-state index contributed by atoms with van der Waals surface area (Å²) in [4.78, 5) is 3.84. The van der Waals surface area contributed by atoms with Gasteiger partial charge < -0.3 is 5.21 Å². The zero-order chi connectivity index (χ0) is 7.40. The van der Waals surface area contributed by atoms with Gasteiger partial charge in [-0.2, -0.15) is 0 Å². The number of aromatic nitrogens is 1. The molecule has 0 spiro atoms. The molecule has 0 saturated carbocycles. The van der Waals surface area contributed by atoms with Gasteiger partial charge in [0.15, 0.2) is 0 Å². The van der Waals surface area contributed by atoms with Gasteiger partial charge in [0.1, 0.15) is 0 Å². The minimum Gasteiger partial charge on any atom is -0.411 e. The zero-order valence-electron chi connectivity index (χ0n) is 5.03. The lowest BCUT2D eigenvalue weighted by atomic mass is 10.4. The van der Waals surface area contributed by atoms with Crippen LogP contribution in [0.3, 0.4) is 0 Å². The van der Waals surface area contributed by atoms with Gasteiger partial charge in [-0.25, -0.2) is 0 Å². The largest absolute Gasteiger partial charge is 0.411 e. The molecule has 1 aromatic heterocycles. The third-order valence-corrected chi connectivity index (χ3v) is 1.17. The SMILES string of the molecule is ON=Cc1cc(Cl)ccn1. The molecule has 0 aliphatic rings. The van der Waals surface area contributed by atoms with E-state index in [0.29, 0.717) is 10.7 Å². The Balaban J connectivity index is 2.95. The summed E-state index contributed by atoms with van der Waals surface area (Å²) in [6.07, 6.45) is 2.76. The average Bonchev–Trinajstić information content (AvgIpc) is 1.88. The van der Waals surface area contributed by atoms with Crippen LogP contribution in [-0.2, 0) is 0 Å². The molecule has 0 radical (unpaired) electrons. The number of oxime groups is 1. The quantitative estimate of drug-likeness (QED) is 0.381. The summed E-state index contributed by atoms with van der Waals surface area (Å²) in [6.45, 7) is 0. The lowest BCUT2D eigenvalue weighted by molar-refractivity contribution is 0.321. The second-order valence-electron chi connectivity index (χ2n) is 1.64. The Morgan fingerprint density at radius 2 is 2.50 bits per heavy atom. The molecule has 4 heteroatoms. The summed E-state index contributed by atoms with van der Waals surface area (Å²) >= 11 is 5.60. The van der Waals surface area contributed by atoms with Crippen molar-refractivity contribution in [3.05, 3.63) is 29.0 Å². The van der Waals surface area contributed by atoms with Crippen LogP contribution >= 0.6 is 11.6 Å². The fourth-order valence-electron chi connectivity index (χ4n) is 0.551. The van der Waals surface area contributed by atoms with Gasteiger partial charge in [0, 0.05) is 11.2 Å². The fourth-order valence-corrected chi connectivity index (χ4v) is 0.719. The molecule has 0 atom stereocenters. The van der Waals surface area contributed by atoms with Crippen molar-refractivity contribution in [3.63, 3.8) is 0 Å². The van der Waals surface area contributed by atoms with Gasteiger partial charge in [0.2, 0.25) is 0 Å². The zero-order valence-corrected chi connectivity index (χ0v) is 5.78. The number of hydrogen-bond donors (Lipinski definition) is 1. The van der Waals surface area contributed by atoms with Crippen LogP contribution in [0, 0.1) is 0 Å². The van der Waals surface area contributed by atoms with Crippen molar-refractivity contribution in [2.75, 3.05) is 0 Å². The predicted octanol–water partition coefficient (Wildman–Crippen LogP) is 1.54. The Labute approximate surface area is 63.0 Å². The third kappa shape index (κ3) is 1.70. The molecule has 0 unspecified atom stereocenters. The van der Waals surface area contributed by atoms with Crippen molar-refractivity contribution < 1.29 is 5.21 Å². The number of nitrogens with zero attached hydrogens (tertiary/aromatic N) is 2. The number of rotatable bonds is 1. The van der Waals surface area contributed by atoms with E-state index in [1.165, 1.54) is 6.21 Å². The first-order chi connectivity index (χ1) is 4.83. The summed E-state index contributed by atoms with van der Waals surface area (Å²) in [5, 5.41) is 11.5. The number of halogens is 1. The van der Waals surface area contributed by atoms with Crippen molar-refractivity contribution in [3.8, 4) is 0 Å². The van der Waals surface area contributed by atoms with Gasteiger partial charge in [0.25, 0.3) is 0 Å². The predicted molar refractivity (Wildman–Crippen MR) is 38.6 cm³/mol. The molecule has 0 aromatic carbocycles. The van der Waals surface area contributed by atoms with E-state index in [2.05, 4.69) is 10.1 Å². The highest BCUT2D eigenvalue weighted by Crippen LogP contribution is 2.05. The lowest BCUT2D eigenvalue weighted by Gasteiger charge is -1.89. The first kappa shape index (κ1) is 7.02. The van der Waals surface area contributed by atoms with Crippen LogP contribution in [0.15, 0.2) is 23.5 Å². The molecular weight excluding hydrogens is 152 g/mol. The van der Waals surface area contributed by atoms with Gasteiger partial charge in [-0.15, -0.1) is 0 Å². The maximum absolute atomic E-state index is 8.10. The van der Waals surface area contributed by atoms with Crippen LogP contribution in [-0.4, -0.2) is 16.4 Å². The molecule has 0 fully saturated rings. The lowest BCUT2D eigenvalue weighted by Crippen LogP contribution is -1.84. The highest BCUT2D eigenvalue weighted by atomic mass is 35.5. The molecule has 0 amide bonds. The summed E-state index contributed by atoms with van der Waals surface area (Å²) in [5.41, 5.74) is 0.537. The molecule has 10 heavy (non-hydrogen) atoms. The van der Waals surface area contributed by atoms with Crippen LogP contribution in [0.5, 0.6) is 0 Å². The molecule has 0 saturated heterocycles. The van der Waals surface area contributed by atoms with E-state index in [1.807, 2.05) is 0 Å². The Kier molecular flexibility index (Phi) is 2.23. The third-order valence-electron chi connectivity index (χ3n) is 0.933. The van der Waals surface area contributed by atoms with Crippen molar-refractivity contribution >= 4 is 17.8 Å². The van der Waals surface area contributed by atoms with Crippen LogP contribution in [0.4, 0.5) is 0 Å². The summed E-state index contributed by atoms with van der Waals surface area (Å²) in [7, 11) is 0. The summed E-state index contributed by atoms with van der Waals surface area (Å²) in [6, 6.07) is 3.25. The van der Waals surface area contributed by atoms with Crippen molar-refractivity contribution in [2.24, 2.45) is 5.16 Å². The summed E-state index contributed by atoms with van der Waals surface area (Å²) in [5.74, 6) is 0. The minimum absolute atomic E-state index is 0.537. The van der Waals surface area contributed by atoms with Gasteiger partial charge in [-0.1, -0.05) is 16.8 Å². The molecule has 1 N–H and O–H groups in total. The highest BCUT2D eigenvalue weighted by Gasteiger charge is 1.89. The first-order valence-corrected chi connectivity index (χ1v) is 2.99. The van der Waals surface area contributed by atoms with Crippen LogP contribution in [0.25, 0.3) is 0 Å². The molecule has 0 aliphatic heterocycles. The second kappa shape index (κ2) is 3.17. The van der Waals surface area contributed by atoms with E-state index in [1.54, 1.807) is 18.3 Å². The van der Waals surface area contributed by atoms with Crippen LogP contribution < -0.4 is 0 Å². The van der Waals surface area contributed by atoms with Gasteiger partial charge in [-0.3, -0.25) is 4.98 Å². The van der Waals surface area contributed by atoms with E-state index >= 15 is 0 Å².